The number of rotatable bonds is 2. The highest BCUT2D eigenvalue weighted by Gasteiger charge is 2.41. The smallest absolute Gasteiger partial charge is 0.290 e. The number of aryl methyl sites for hydroxylation is 2. The van der Waals surface area contributed by atoms with Crippen molar-refractivity contribution in [2.75, 3.05) is 27.2 Å². The molecule has 26 heavy (non-hydrogen) atoms. The molecule has 5 heteroatoms. The topological polar surface area (TPSA) is 45.9 Å². The van der Waals surface area contributed by atoms with Gasteiger partial charge in [-0.2, -0.15) is 0 Å². The Morgan fingerprint density at radius 2 is 1.92 bits per heavy atom. The van der Waals surface area contributed by atoms with E-state index in [4.69, 9.17) is 9.15 Å². The summed E-state index contributed by atoms with van der Waals surface area (Å²) in [5.74, 6) is 0.443. The van der Waals surface area contributed by atoms with Crippen LogP contribution in [0.3, 0.4) is 0 Å². The highest BCUT2D eigenvalue weighted by molar-refractivity contribution is 5.96. The lowest BCUT2D eigenvalue weighted by Gasteiger charge is -2.46. The lowest BCUT2D eigenvalue weighted by molar-refractivity contribution is -0.0882. The SMILES string of the molecule is Cc1cc2cc(C(=O)N3CCO[C@@H]4C[C@H](N(C)C)CC[C@H]43)oc2cc1C. The summed E-state index contributed by atoms with van der Waals surface area (Å²) in [6.07, 6.45) is 3.19. The summed E-state index contributed by atoms with van der Waals surface area (Å²) in [7, 11) is 4.24. The van der Waals surface area contributed by atoms with Gasteiger partial charge in [0.05, 0.1) is 18.8 Å². The Morgan fingerprint density at radius 3 is 2.69 bits per heavy atom. The summed E-state index contributed by atoms with van der Waals surface area (Å²) in [5, 5.41) is 0.998. The summed E-state index contributed by atoms with van der Waals surface area (Å²) < 4.78 is 11.9. The van der Waals surface area contributed by atoms with E-state index < -0.39 is 0 Å². The van der Waals surface area contributed by atoms with Gasteiger partial charge < -0.3 is 19.0 Å². The van der Waals surface area contributed by atoms with Crippen LogP contribution in [0.4, 0.5) is 0 Å². The van der Waals surface area contributed by atoms with Crippen LogP contribution in [0.15, 0.2) is 22.6 Å². The maximum absolute atomic E-state index is 13.2. The first kappa shape index (κ1) is 17.6. The van der Waals surface area contributed by atoms with Gasteiger partial charge in [0.2, 0.25) is 0 Å². The predicted molar refractivity (Wildman–Crippen MR) is 102 cm³/mol. The molecule has 0 radical (unpaired) electrons. The highest BCUT2D eigenvalue weighted by Crippen LogP contribution is 2.32. The minimum Gasteiger partial charge on any atom is -0.451 e. The number of nitrogens with zero attached hydrogens (tertiary/aromatic N) is 2. The number of hydrogen-bond acceptors (Lipinski definition) is 4. The summed E-state index contributed by atoms with van der Waals surface area (Å²) in [6, 6.07) is 6.69. The van der Waals surface area contributed by atoms with E-state index in [1.165, 1.54) is 11.1 Å². The van der Waals surface area contributed by atoms with Gasteiger partial charge in [0.1, 0.15) is 5.58 Å². The van der Waals surface area contributed by atoms with Gasteiger partial charge in [-0.15, -0.1) is 0 Å². The second-order valence-electron chi connectivity index (χ2n) is 7.99. The molecule has 1 amide bonds. The van der Waals surface area contributed by atoms with Crippen LogP contribution in [0.5, 0.6) is 0 Å². The molecular weight excluding hydrogens is 328 g/mol. The molecule has 1 aromatic heterocycles. The van der Waals surface area contributed by atoms with Crippen molar-refractivity contribution in [3.05, 3.63) is 35.1 Å². The zero-order valence-electron chi connectivity index (χ0n) is 16.1. The monoisotopic (exact) mass is 356 g/mol. The van der Waals surface area contributed by atoms with E-state index in [0.29, 0.717) is 25.0 Å². The van der Waals surface area contributed by atoms with Crippen LogP contribution in [0, 0.1) is 13.8 Å². The number of hydrogen-bond donors (Lipinski definition) is 0. The molecule has 1 aromatic carbocycles. The minimum absolute atomic E-state index is 0.00175. The molecule has 2 fully saturated rings. The van der Waals surface area contributed by atoms with E-state index in [0.717, 1.165) is 30.2 Å². The van der Waals surface area contributed by atoms with E-state index in [-0.39, 0.29) is 18.1 Å². The van der Waals surface area contributed by atoms with Gasteiger partial charge in [-0.3, -0.25) is 4.79 Å². The van der Waals surface area contributed by atoms with Gasteiger partial charge in [-0.05, 0) is 76.5 Å². The molecule has 2 heterocycles. The first-order chi connectivity index (χ1) is 12.4. The summed E-state index contributed by atoms with van der Waals surface area (Å²) in [4.78, 5) is 17.4. The Morgan fingerprint density at radius 1 is 1.15 bits per heavy atom. The Labute approximate surface area is 154 Å². The molecule has 0 unspecified atom stereocenters. The molecule has 4 rings (SSSR count). The maximum atomic E-state index is 13.2. The lowest BCUT2D eigenvalue weighted by Crippen LogP contribution is -2.57. The molecule has 1 saturated heterocycles. The van der Waals surface area contributed by atoms with Gasteiger partial charge in [0, 0.05) is 18.0 Å². The van der Waals surface area contributed by atoms with E-state index in [2.05, 4.69) is 38.9 Å². The zero-order valence-corrected chi connectivity index (χ0v) is 16.1. The van der Waals surface area contributed by atoms with Crippen molar-refractivity contribution in [2.45, 2.75) is 51.3 Å². The zero-order chi connectivity index (χ0) is 18.4. The molecule has 0 N–H and O–H groups in total. The molecule has 3 atom stereocenters. The second-order valence-corrected chi connectivity index (χ2v) is 7.99. The van der Waals surface area contributed by atoms with Crippen molar-refractivity contribution >= 4 is 16.9 Å². The van der Waals surface area contributed by atoms with Crippen LogP contribution in [0.2, 0.25) is 0 Å². The lowest BCUT2D eigenvalue weighted by atomic mass is 9.86. The number of furan rings is 1. The highest BCUT2D eigenvalue weighted by atomic mass is 16.5. The van der Waals surface area contributed by atoms with Crippen LogP contribution in [-0.2, 0) is 4.74 Å². The first-order valence-corrected chi connectivity index (χ1v) is 9.54. The molecule has 1 saturated carbocycles. The van der Waals surface area contributed by atoms with E-state index >= 15 is 0 Å². The molecule has 2 aromatic rings. The third-order valence-corrected chi connectivity index (χ3v) is 6.13. The number of fused-ring (bicyclic) bond motifs is 2. The first-order valence-electron chi connectivity index (χ1n) is 9.54. The average molecular weight is 356 g/mol. The van der Waals surface area contributed by atoms with E-state index in [1.54, 1.807) is 0 Å². The number of benzene rings is 1. The molecular formula is C21H28N2O3. The van der Waals surface area contributed by atoms with Crippen LogP contribution in [0.1, 0.15) is 40.9 Å². The van der Waals surface area contributed by atoms with Crippen molar-refractivity contribution in [2.24, 2.45) is 0 Å². The molecule has 1 aliphatic heterocycles. The number of morpholine rings is 1. The fourth-order valence-corrected chi connectivity index (χ4v) is 4.37. The number of ether oxygens (including phenoxy) is 1. The Hall–Kier alpha value is -1.85. The standard InChI is InChI=1S/C21H28N2O3/c1-13-9-15-11-20(26-18(15)10-14(13)2)21(24)23-7-8-25-19-12-16(22(3)4)5-6-17(19)23/h9-11,16-17,19H,5-8,12H2,1-4H3/t16-,17-,19-/m1/s1. The Kier molecular flexibility index (Phi) is 4.53. The van der Waals surface area contributed by atoms with E-state index in [9.17, 15) is 4.79 Å². The maximum Gasteiger partial charge on any atom is 0.290 e. The summed E-state index contributed by atoms with van der Waals surface area (Å²) in [5.41, 5.74) is 3.18. The van der Waals surface area contributed by atoms with Crippen LogP contribution in [-0.4, -0.2) is 61.1 Å². The predicted octanol–water partition coefficient (Wildman–Crippen LogP) is 3.37. The summed E-state index contributed by atoms with van der Waals surface area (Å²) >= 11 is 0. The Bertz CT molecular complexity index is 787. The third kappa shape index (κ3) is 3.03. The number of amides is 1. The van der Waals surface area contributed by atoms with E-state index in [1.807, 2.05) is 17.0 Å². The van der Waals surface area contributed by atoms with Gasteiger partial charge in [-0.1, -0.05) is 0 Å². The summed E-state index contributed by atoms with van der Waals surface area (Å²) in [6.45, 7) is 5.39. The molecule has 140 valence electrons. The van der Waals surface area contributed by atoms with Gasteiger partial charge in [0.15, 0.2) is 5.76 Å². The van der Waals surface area contributed by atoms with Crippen molar-refractivity contribution < 1.29 is 13.9 Å². The van der Waals surface area contributed by atoms with Crippen molar-refractivity contribution in [3.8, 4) is 0 Å². The molecule has 5 nitrogen and oxygen atoms in total. The normalized spacial score (nSPS) is 26.3. The fourth-order valence-electron chi connectivity index (χ4n) is 4.37. The third-order valence-electron chi connectivity index (χ3n) is 6.13. The van der Waals surface area contributed by atoms with Crippen LogP contribution in [0.25, 0.3) is 11.0 Å². The minimum atomic E-state index is -0.00175. The van der Waals surface area contributed by atoms with Gasteiger partial charge in [-0.25, -0.2) is 0 Å². The molecule has 0 spiro atoms. The van der Waals surface area contributed by atoms with Gasteiger partial charge >= 0.3 is 0 Å². The number of carbonyl (C=O) groups excluding carboxylic acids is 1. The van der Waals surface area contributed by atoms with Crippen LogP contribution >= 0.6 is 0 Å². The molecule has 1 aliphatic carbocycles. The molecule has 2 aliphatic rings. The van der Waals surface area contributed by atoms with Crippen LogP contribution < -0.4 is 0 Å². The van der Waals surface area contributed by atoms with Crippen molar-refractivity contribution in [1.29, 1.82) is 0 Å². The number of carbonyl (C=O) groups is 1. The van der Waals surface area contributed by atoms with Gasteiger partial charge in [0.25, 0.3) is 5.91 Å². The Balaban J connectivity index is 1.58. The van der Waals surface area contributed by atoms with Crippen molar-refractivity contribution in [1.82, 2.24) is 9.80 Å². The second kappa shape index (κ2) is 6.71. The molecule has 0 bridgehead atoms. The average Bonchev–Trinajstić information content (AvgIpc) is 3.03. The fraction of sp³-hybridized carbons (Fsp3) is 0.571. The van der Waals surface area contributed by atoms with Crippen molar-refractivity contribution in [3.63, 3.8) is 0 Å². The largest absolute Gasteiger partial charge is 0.451 e. The quantitative estimate of drug-likeness (QED) is 0.828.